The van der Waals surface area contributed by atoms with Crippen molar-refractivity contribution in [2.24, 2.45) is 5.92 Å². The molecular formula is C20H25N5O3. The summed E-state index contributed by atoms with van der Waals surface area (Å²) in [6.07, 6.45) is 12.0. The van der Waals surface area contributed by atoms with Gasteiger partial charge in [-0.2, -0.15) is 9.83 Å². The van der Waals surface area contributed by atoms with E-state index in [0.29, 0.717) is 28.1 Å². The number of hydrogen-bond donors (Lipinski definition) is 2. The van der Waals surface area contributed by atoms with Crippen molar-refractivity contribution in [2.75, 3.05) is 6.61 Å². The molecule has 1 amide bonds. The first kappa shape index (κ1) is 17.6. The van der Waals surface area contributed by atoms with Crippen LogP contribution in [0.25, 0.3) is 5.82 Å². The first-order valence-electron chi connectivity index (χ1n) is 10.2. The van der Waals surface area contributed by atoms with Crippen molar-refractivity contribution in [1.29, 1.82) is 0 Å². The van der Waals surface area contributed by atoms with Gasteiger partial charge in [0, 0.05) is 11.5 Å². The van der Waals surface area contributed by atoms with Gasteiger partial charge >= 0.3 is 0 Å². The van der Waals surface area contributed by atoms with Crippen LogP contribution in [0.4, 0.5) is 0 Å². The van der Waals surface area contributed by atoms with Crippen LogP contribution in [0.5, 0.6) is 0 Å². The first-order valence-corrected chi connectivity index (χ1v) is 10.2. The summed E-state index contributed by atoms with van der Waals surface area (Å²) in [5, 5.41) is 29.3. The average molecular weight is 383 g/mol. The Morgan fingerprint density at radius 1 is 1.36 bits per heavy atom. The Morgan fingerprint density at radius 3 is 2.93 bits per heavy atom. The van der Waals surface area contributed by atoms with Gasteiger partial charge in [0.25, 0.3) is 5.91 Å². The third-order valence-corrected chi connectivity index (χ3v) is 6.84. The van der Waals surface area contributed by atoms with Crippen LogP contribution in [0.15, 0.2) is 18.6 Å². The lowest BCUT2D eigenvalue weighted by atomic mass is 9.98. The van der Waals surface area contributed by atoms with Crippen molar-refractivity contribution >= 4 is 5.91 Å². The fourth-order valence-corrected chi connectivity index (χ4v) is 5.46. The Balaban J connectivity index is 1.56. The lowest BCUT2D eigenvalue weighted by Gasteiger charge is -2.27. The number of carbonyl (C=O) groups is 1. The highest BCUT2D eigenvalue weighted by Crippen LogP contribution is 2.49. The molecule has 2 aromatic heterocycles. The monoisotopic (exact) mass is 383 g/mol. The molecule has 3 aliphatic rings. The normalized spacial score (nSPS) is 24.9. The summed E-state index contributed by atoms with van der Waals surface area (Å²) in [5.41, 5.74) is 1.91. The molecule has 8 nitrogen and oxygen atoms in total. The third-order valence-electron chi connectivity index (χ3n) is 6.84. The number of aliphatic hydroxyl groups is 1. The number of aliphatic hydroxyl groups excluding tert-OH is 1. The molecule has 2 heterocycles. The Kier molecular flexibility index (Phi) is 4.12. The highest BCUT2D eigenvalue weighted by molar-refractivity contribution is 5.95. The quantitative estimate of drug-likeness (QED) is 0.613. The van der Waals surface area contributed by atoms with Gasteiger partial charge in [-0.25, -0.2) is 9.67 Å². The summed E-state index contributed by atoms with van der Waals surface area (Å²) in [7, 11) is 0. The predicted octanol–water partition coefficient (Wildman–Crippen LogP) is 1.38. The molecule has 2 fully saturated rings. The van der Waals surface area contributed by atoms with Crippen molar-refractivity contribution in [3.05, 3.63) is 40.7 Å². The van der Waals surface area contributed by atoms with E-state index in [1.165, 1.54) is 25.0 Å². The second-order valence-corrected chi connectivity index (χ2v) is 8.50. The molecule has 0 spiro atoms. The van der Waals surface area contributed by atoms with E-state index in [-0.39, 0.29) is 12.5 Å². The number of hydrogen-bond acceptors (Lipinski definition) is 5. The summed E-state index contributed by atoms with van der Waals surface area (Å²) in [5.74, 6) is 1.12. The molecule has 0 radical (unpaired) electrons. The molecule has 2 atom stereocenters. The van der Waals surface area contributed by atoms with E-state index in [1.807, 2.05) is 0 Å². The van der Waals surface area contributed by atoms with E-state index in [4.69, 9.17) is 0 Å². The van der Waals surface area contributed by atoms with Crippen LogP contribution in [-0.2, 0) is 6.42 Å². The molecule has 5 rings (SSSR count). The number of carbonyl (C=O) groups excluding carboxylic acids is 1. The van der Waals surface area contributed by atoms with Gasteiger partial charge in [0.05, 0.1) is 24.0 Å². The van der Waals surface area contributed by atoms with Gasteiger partial charge in [-0.3, -0.25) is 4.79 Å². The second kappa shape index (κ2) is 6.55. The van der Waals surface area contributed by atoms with Gasteiger partial charge in [-0.15, -0.1) is 0 Å². The highest BCUT2D eigenvalue weighted by Gasteiger charge is 2.44. The minimum atomic E-state index is -0.536. The molecule has 2 aromatic rings. The molecule has 0 bridgehead atoms. The molecule has 148 valence electrons. The summed E-state index contributed by atoms with van der Waals surface area (Å²) in [6, 6.07) is 0. The van der Waals surface area contributed by atoms with E-state index in [0.717, 1.165) is 56.2 Å². The van der Waals surface area contributed by atoms with Crippen LogP contribution in [0.3, 0.4) is 0 Å². The zero-order valence-corrected chi connectivity index (χ0v) is 15.8. The Hall–Kier alpha value is -2.48. The topological polar surface area (TPSA) is 107 Å². The maximum absolute atomic E-state index is 13.2. The molecule has 0 aromatic carbocycles. The SMILES string of the molecule is O=C(NC1(CO)CCCC1)c1nn(-c2c[n+]([O-])ccn2)c2c1CC1CCCC21. The maximum atomic E-state index is 13.2. The molecule has 2 unspecified atom stereocenters. The zero-order valence-electron chi connectivity index (χ0n) is 15.8. The molecule has 2 N–H and O–H groups in total. The number of aromatic nitrogens is 4. The van der Waals surface area contributed by atoms with Gasteiger partial charge in [-0.05, 0) is 38.0 Å². The lowest BCUT2D eigenvalue weighted by Crippen LogP contribution is -2.49. The Labute approximate surface area is 163 Å². The van der Waals surface area contributed by atoms with E-state index < -0.39 is 5.54 Å². The van der Waals surface area contributed by atoms with Crippen LogP contribution in [0.2, 0.25) is 0 Å². The van der Waals surface area contributed by atoms with Crippen molar-refractivity contribution in [2.45, 2.75) is 62.8 Å². The lowest BCUT2D eigenvalue weighted by molar-refractivity contribution is -0.605. The summed E-state index contributed by atoms with van der Waals surface area (Å²) in [4.78, 5) is 17.5. The highest BCUT2D eigenvalue weighted by atomic mass is 16.5. The van der Waals surface area contributed by atoms with Crippen LogP contribution < -0.4 is 10.0 Å². The second-order valence-electron chi connectivity index (χ2n) is 8.50. The fraction of sp³-hybridized carbons (Fsp3) is 0.600. The standard InChI is InChI=1S/C20H25N5O3/c26-12-20(6-1-2-7-20)22-19(27)17-15-10-13-4-3-5-14(13)18(15)25(23-17)16-11-24(28)9-8-21-16/h8-9,11,13-14,26H,1-7,10,12H2,(H,22,27). The molecule has 0 aliphatic heterocycles. The molecule has 0 saturated heterocycles. The number of rotatable bonds is 4. The molecular weight excluding hydrogens is 358 g/mol. The minimum absolute atomic E-state index is 0.0523. The minimum Gasteiger partial charge on any atom is -0.619 e. The molecule has 28 heavy (non-hydrogen) atoms. The molecule has 8 heteroatoms. The number of nitrogens with one attached hydrogen (secondary N) is 1. The van der Waals surface area contributed by atoms with Gasteiger partial charge < -0.3 is 15.6 Å². The average Bonchev–Trinajstić information content (AvgIpc) is 3.43. The fourth-order valence-electron chi connectivity index (χ4n) is 5.46. The van der Waals surface area contributed by atoms with Gasteiger partial charge in [0.15, 0.2) is 11.9 Å². The van der Waals surface area contributed by atoms with Crippen molar-refractivity contribution < 1.29 is 14.6 Å². The Bertz CT molecular complexity index is 919. The van der Waals surface area contributed by atoms with E-state index in [1.54, 1.807) is 4.68 Å². The Morgan fingerprint density at radius 2 is 2.18 bits per heavy atom. The maximum Gasteiger partial charge on any atom is 0.272 e. The first-order chi connectivity index (χ1) is 13.6. The van der Waals surface area contributed by atoms with E-state index in [2.05, 4.69) is 15.4 Å². The summed E-state index contributed by atoms with van der Waals surface area (Å²) in [6.45, 7) is -0.0523. The summed E-state index contributed by atoms with van der Waals surface area (Å²) >= 11 is 0. The van der Waals surface area contributed by atoms with Gasteiger partial charge in [0.1, 0.15) is 0 Å². The third kappa shape index (κ3) is 2.70. The molecule has 3 aliphatic carbocycles. The van der Waals surface area contributed by atoms with Crippen LogP contribution in [0, 0.1) is 11.1 Å². The van der Waals surface area contributed by atoms with Gasteiger partial charge in [-0.1, -0.05) is 19.3 Å². The molecule has 2 saturated carbocycles. The van der Waals surface area contributed by atoms with Crippen molar-refractivity contribution in [3.8, 4) is 5.82 Å². The largest absolute Gasteiger partial charge is 0.619 e. The number of nitrogens with zero attached hydrogens (tertiary/aromatic N) is 4. The number of fused-ring (bicyclic) bond motifs is 3. The predicted molar refractivity (Wildman–Crippen MR) is 99.9 cm³/mol. The van der Waals surface area contributed by atoms with Crippen LogP contribution >= 0.6 is 0 Å². The smallest absolute Gasteiger partial charge is 0.272 e. The zero-order chi connectivity index (χ0) is 19.3. The van der Waals surface area contributed by atoms with E-state index in [9.17, 15) is 15.1 Å². The van der Waals surface area contributed by atoms with Crippen molar-refractivity contribution in [3.63, 3.8) is 0 Å². The van der Waals surface area contributed by atoms with Crippen LogP contribution in [0.1, 0.15) is 72.6 Å². The number of amides is 1. The van der Waals surface area contributed by atoms with Crippen molar-refractivity contribution in [1.82, 2.24) is 20.1 Å². The van der Waals surface area contributed by atoms with Crippen LogP contribution in [-0.4, -0.2) is 37.9 Å². The summed E-state index contributed by atoms with van der Waals surface area (Å²) < 4.78 is 2.41. The van der Waals surface area contributed by atoms with Gasteiger partial charge in [0.2, 0.25) is 12.0 Å². The van der Waals surface area contributed by atoms with E-state index >= 15 is 0 Å².